The Labute approximate surface area is 374 Å². The third-order valence-corrected chi connectivity index (χ3v) is 13.2. The molecule has 3 unspecified atom stereocenters. The van der Waals surface area contributed by atoms with Crippen molar-refractivity contribution in [3.8, 4) is 11.1 Å². The molecule has 3 amide bonds. The van der Waals surface area contributed by atoms with E-state index in [0.29, 0.717) is 37.2 Å². The first kappa shape index (κ1) is 46.9. The van der Waals surface area contributed by atoms with Crippen LogP contribution in [0.1, 0.15) is 121 Å². The van der Waals surface area contributed by atoms with Gasteiger partial charge in [-0.15, -0.1) is 0 Å². The number of pyridine rings is 2. The lowest BCUT2D eigenvalue weighted by molar-refractivity contribution is -0.140. The molecule has 0 bridgehead atoms. The minimum atomic E-state index is -1.16. The Morgan fingerprint density at radius 1 is 0.839 bits per heavy atom. The van der Waals surface area contributed by atoms with Gasteiger partial charge < -0.3 is 35.8 Å². The van der Waals surface area contributed by atoms with Crippen molar-refractivity contribution in [2.24, 2.45) is 5.92 Å². The van der Waals surface area contributed by atoms with Crippen molar-refractivity contribution >= 4 is 45.4 Å². The van der Waals surface area contributed by atoms with Gasteiger partial charge in [0.25, 0.3) is 11.8 Å². The minimum absolute atomic E-state index is 0.0234. The number of Topliss-reactive ketones (excluding diaryl/α,β-unsaturated/α-hetero) is 1. The molecule has 0 saturated carbocycles. The second-order valence-electron chi connectivity index (χ2n) is 17.1. The number of unbranched alkanes of at least 4 members (excludes halogenated alkanes) is 2. The van der Waals surface area contributed by atoms with E-state index in [1.807, 2.05) is 36.1 Å². The predicted molar refractivity (Wildman–Crippen MR) is 242 cm³/mol. The van der Waals surface area contributed by atoms with Gasteiger partial charge in [0.1, 0.15) is 23.1 Å². The second-order valence-corrected chi connectivity index (χ2v) is 17.9. The van der Waals surface area contributed by atoms with Gasteiger partial charge in [0.15, 0.2) is 5.78 Å². The van der Waals surface area contributed by atoms with Crippen molar-refractivity contribution in [3.63, 3.8) is 0 Å². The summed E-state index contributed by atoms with van der Waals surface area (Å²) in [5.41, 5.74) is 2.25. The van der Waals surface area contributed by atoms with E-state index in [4.69, 9.17) is 0 Å². The fourth-order valence-corrected chi connectivity index (χ4v) is 9.08. The molecule has 4 N–H and O–H groups in total. The fraction of sp³-hybridized carbons (Fsp3) is 0.553. The van der Waals surface area contributed by atoms with Gasteiger partial charge in [0.2, 0.25) is 5.91 Å². The highest BCUT2D eigenvalue weighted by Gasteiger charge is 2.33. The number of amides is 3. The Bertz CT molecular complexity index is 2040. The number of likely N-dealkylation sites (tertiary alicyclic amines) is 3. The molecular formula is C47H63BrN8O6. The molecule has 3 atom stereocenters. The number of carboxylic acid groups (broad SMARTS) is 1. The zero-order valence-corrected chi connectivity index (χ0v) is 37.9. The van der Waals surface area contributed by atoms with Crippen LogP contribution < -0.4 is 16.0 Å². The Morgan fingerprint density at radius 2 is 1.53 bits per heavy atom. The summed E-state index contributed by atoms with van der Waals surface area (Å²) in [4.78, 5) is 83.8. The zero-order valence-electron chi connectivity index (χ0n) is 36.3. The molecule has 0 aliphatic carbocycles. The summed E-state index contributed by atoms with van der Waals surface area (Å²) in [7, 11) is 0. The van der Waals surface area contributed by atoms with E-state index in [-0.39, 0.29) is 65.3 Å². The molecule has 2 aromatic heterocycles. The number of hydrogen-bond acceptors (Lipinski definition) is 10. The number of aromatic nitrogens is 2. The quantitative estimate of drug-likeness (QED) is 0.0715. The van der Waals surface area contributed by atoms with Crippen LogP contribution in [0.15, 0.2) is 53.0 Å². The Morgan fingerprint density at radius 3 is 2.26 bits per heavy atom. The third-order valence-electron chi connectivity index (χ3n) is 12.4. The number of nitrogens with one attached hydrogen (secondary N) is 3. The molecule has 334 valence electrons. The number of ketones is 1. The number of carbonyl (C=O) groups is 5. The Kier molecular flexibility index (Phi) is 17.6. The summed E-state index contributed by atoms with van der Waals surface area (Å²) in [5, 5.41) is 18.8. The maximum atomic E-state index is 14.4. The summed E-state index contributed by atoms with van der Waals surface area (Å²) in [6, 6.07) is 13.0. The van der Waals surface area contributed by atoms with Crippen molar-refractivity contribution in [2.75, 3.05) is 58.9 Å². The molecule has 3 aliphatic heterocycles. The number of benzene rings is 1. The summed E-state index contributed by atoms with van der Waals surface area (Å²) < 4.78 is 0.913. The molecule has 1 aromatic carbocycles. The van der Waals surface area contributed by atoms with Crippen molar-refractivity contribution in [1.29, 1.82) is 0 Å². The third kappa shape index (κ3) is 13.2. The monoisotopic (exact) mass is 914 g/mol. The van der Waals surface area contributed by atoms with Gasteiger partial charge in [-0.2, -0.15) is 0 Å². The molecule has 6 rings (SSSR count). The SMILES string of the molecule is CCC(C)C(NC(=O)c1cc(-c2cc(C(=O)CNCc3ccccc3Br)nc(C(=O)N3CCCC3CN3CCCC3)c2)cc(CC(=O)NCCCCCN2CCCC2)n1)C(=O)O. The molecule has 0 spiro atoms. The number of hydrogen-bond donors (Lipinski definition) is 4. The van der Waals surface area contributed by atoms with Gasteiger partial charge in [-0.05, 0) is 137 Å². The molecule has 5 heterocycles. The standard InChI is InChI=1S/C47H63BrN8O6/c1-3-32(2)44(47(61)62)53-45(59)40-26-34(24-36(51-40)28-43(58)50-17-7-4-8-18-54-19-9-10-20-54)35-25-39(42(57)30-49-29-33-14-5-6-16-38(33)48)52-41(27-35)46(60)56-23-13-15-37(56)31-55-21-11-12-22-55/h5-6,14,16,24-27,32,37,44,49H,3-4,7-13,15,17-23,28-31H2,1-2H3,(H,50,58)(H,53,59)(H,61,62). The highest BCUT2D eigenvalue weighted by molar-refractivity contribution is 9.10. The summed E-state index contributed by atoms with van der Waals surface area (Å²) in [6.07, 6.45) is 9.86. The van der Waals surface area contributed by atoms with E-state index < -0.39 is 17.9 Å². The topological polar surface area (TPSA) is 177 Å². The van der Waals surface area contributed by atoms with Crippen LogP contribution in [0.3, 0.4) is 0 Å². The molecule has 3 aliphatic rings. The number of rotatable bonds is 22. The van der Waals surface area contributed by atoms with Crippen molar-refractivity contribution < 1.29 is 29.1 Å². The molecule has 3 saturated heterocycles. The van der Waals surface area contributed by atoms with Crippen LogP contribution in [-0.4, -0.2) is 130 Å². The first-order valence-electron chi connectivity index (χ1n) is 22.6. The first-order valence-corrected chi connectivity index (χ1v) is 23.3. The lowest BCUT2D eigenvalue weighted by Crippen LogP contribution is -2.45. The summed E-state index contributed by atoms with van der Waals surface area (Å²) in [6.45, 7) is 11.3. The molecule has 3 aromatic rings. The van der Waals surface area contributed by atoms with Gasteiger partial charge in [0, 0.05) is 36.7 Å². The largest absolute Gasteiger partial charge is 0.480 e. The highest BCUT2D eigenvalue weighted by Crippen LogP contribution is 2.27. The predicted octanol–water partition coefficient (Wildman–Crippen LogP) is 5.73. The van der Waals surface area contributed by atoms with Crippen LogP contribution in [0.4, 0.5) is 0 Å². The number of carbonyl (C=O) groups excluding carboxylic acids is 4. The van der Waals surface area contributed by atoms with E-state index in [2.05, 4.69) is 51.6 Å². The lowest BCUT2D eigenvalue weighted by atomic mass is 9.98. The van der Waals surface area contributed by atoms with Gasteiger partial charge >= 0.3 is 5.97 Å². The van der Waals surface area contributed by atoms with Gasteiger partial charge in [-0.25, -0.2) is 14.8 Å². The lowest BCUT2D eigenvalue weighted by Gasteiger charge is -2.28. The fourth-order valence-electron chi connectivity index (χ4n) is 8.65. The van der Waals surface area contributed by atoms with E-state index in [1.54, 1.807) is 25.1 Å². The van der Waals surface area contributed by atoms with E-state index in [1.165, 1.54) is 18.9 Å². The smallest absolute Gasteiger partial charge is 0.326 e. The van der Waals surface area contributed by atoms with Crippen molar-refractivity contribution in [2.45, 2.75) is 103 Å². The van der Waals surface area contributed by atoms with E-state index >= 15 is 0 Å². The average molecular weight is 916 g/mol. The molecular weight excluding hydrogens is 852 g/mol. The maximum Gasteiger partial charge on any atom is 0.326 e. The minimum Gasteiger partial charge on any atom is -0.480 e. The van der Waals surface area contributed by atoms with Crippen molar-refractivity contribution in [1.82, 2.24) is 40.6 Å². The zero-order chi connectivity index (χ0) is 44.0. The molecule has 0 radical (unpaired) electrons. The van der Waals surface area contributed by atoms with Crippen LogP contribution in [0.2, 0.25) is 0 Å². The Hall–Kier alpha value is -4.57. The van der Waals surface area contributed by atoms with Crippen LogP contribution in [0, 0.1) is 5.92 Å². The maximum absolute atomic E-state index is 14.4. The van der Waals surface area contributed by atoms with E-state index in [9.17, 15) is 29.1 Å². The summed E-state index contributed by atoms with van der Waals surface area (Å²) in [5.74, 6) is -3.10. The molecule has 3 fully saturated rings. The normalized spacial score (nSPS) is 17.9. The number of aliphatic carboxylic acids is 1. The number of halogens is 1. The highest BCUT2D eigenvalue weighted by atomic mass is 79.9. The van der Waals surface area contributed by atoms with Crippen LogP contribution in [0.5, 0.6) is 0 Å². The van der Waals surface area contributed by atoms with Crippen LogP contribution in [0.25, 0.3) is 11.1 Å². The Balaban J connectivity index is 1.28. The molecule has 14 nitrogen and oxygen atoms in total. The van der Waals surface area contributed by atoms with Gasteiger partial charge in [-0.3, -0.25) is 19.2 Å². The van der Waals surface area contributed by atoms with Gasteiger partial charge in [-0.1, -0.05) is 60.8 Å². The first-order chi connectivity index (χ1) is 30.0. The molecule has 15 heteroatoms. The number of nitrogens with zero attached hydrogens (tertiary/aromatic N) is 5. The van der Waals surface area contributed by atoms with E-state index in [0.717, 1.165) is 94.3 Å². The summed E-state index contributed by atoms with van der Waals surface area (Å²) >= 11 is 3.56. The van der Waals surface area contributed by atoms with Crippen molar-refractivity contribution in [3.05, 3.63) is 81.3 Å². The molecule has 62 heavy (non-hydrogen) atoms. The van der Waals surface area contributed by atoms with Crippen LogP contribution >= 0.6 is 15.9 Å². The van der Waals surface area contributed by atoms with Crippen LogP contribution in [-0.2, 0) is 22.6 Å². The second kappa shape index (κ2) is 23.2. The number of carboxylic acids is 1. The van der Waals surface area contributed by atoms with Gasteiger partial charge in [0.05, 0.1) is 18.7 Å². The average Bonchev–Trinajstić information content (AvgIpc) is 4.09.